The largest absolute Gasteiger partial charge is 0.444 e. The molecule has 784 valence electrons. The zero-order chi connectivity index (χ0) is 104. The smallest absolute Gasteiger partial charge is 0.410 e. The first kappa shape index (κ1) is 116. The van der Waals surface area contributed by atoms with Gasteiger partial charge >= 0.3 is 12.2 Å². The Balaban J connectivity index is 0.000000161. The van der Waals surface area contributed by atoms with E-state index in [0.29, 0.717) is 70.2 Å². The maximum atomic E-state index is 13.1. The number of nitrogens with zero attached hydrogens (tertiary/aromatic N) is 18. The molecule has 0 radical (unpaired) electrons. The highest BCUT2D eigenvalue weighted by Crippen LogP contribution is 2.49. The zero-order valence-corrected chi connectivity index (χ0v) is 95.8. The van der Waals surface area contributed by atoms with Crippen molar-refractivity contribution in [1.82, 2.24) is 85.1 Å². The van der Waals surface area contributed by atoms with Gasteiger partial charge in [0.1, 0.15) is 41.0 Å². The Morgan fingerprint density at radius 1 is 0.372 bits per heavy atom. The number of nitrogens with one attached hydrogen (secondary N) is 2. The Hall–Kier alpha value is -8.04. The van der Waals surface area contributed by atoms with Crippen molar-refractivity contribution in [1.29, 1.82) is 0 Å². The van der Waals surface area contributed by atoms with E-state index in [1.807, 2.05) is 75.6 Å². The van der Waals surface area contributed by atoms with Crippen LogP contribution in [0.4, 0.5) is 25.0 Å². The van der Waals surface area contributed by atoms with Gasteiger partial charge in [0, 0.05) is 174 Å². The number of carbonyl (C=O) groups excluding carboxylic acids is 6. The van der Waals surface area contributed by atoms with Crippen LogP contribution in [0.15, 0.2) is 135 Å². The van der Waals surface area contributed by atoms with Gasteiger partial charge in [0.2, 0.25) is 25.4 Å². The van der Waals surface area contributed by atoms with Crippen molar-refractivity contribution in [3.8, 4) is 42.3 Å². The summed E-state index contributed by atoms with van der Waals surface area (Å²) in [5.74, 6) is -0.504. The molecule has 0 atom stereocenters. The van der Waals surface area contributed by atoms with E-state index in [1.54, 1.807) is 157 Å². The Morgan fingerprint density at radius 3 is 0.952 bits per heavy atom. The minimum atomic E-state index is -3.69. The van der Waals surface area contributed by atoms with E-state index in [2.05, 4.69) is 82.1 Å². The van der Waals surface area contributed by atoms with Crippen LogP contribution >= 0.6 is 154 Å². The molecule has 8 aliphatic rings. The SMILES string of the molecule is CC(C)(C)OC(=O)N1CCC2(CCNC2)CC1.CN(C)C(=O)c1ccc(-c2nnc(Br)s2)cc1Cl.CN(C)C(=O)c1ccc(-c2nnc(N3CCC4(CCN(C(=O)OC(C)(C)C)CC4)C3)s2)cc1Cl.CN(C)C(=O)c1ccc(-c2nnc(N3CCC4(CCN(S(=O)(=O)c5ccccc5Cl)CC4)C3)s2)cc1Cl.CN(C)C(=O)c1ccc(-c2nnc(N3CCC4(CCNCC4)C3)s2)cc1Cl.Cl.O=S(=O)(Cl)c1ccccc1Cl. The molecule has 4 spiro atoms. The first-order valence-corrected chi connectivity index (χ1v) is 57.1. The van der Waals surface area contributed by atoms with Crippen LogP contribution in [0.25, 0.3) is 42.3 Å². The maximum Gasteiger partial charge on any atom is 0.410 e. The fraction of sp³-hybridized carbons (Fsp3) is 0.490. The number of sulfonamides is 1. The van der Waals surface area contributed by atoms with Gasteiger partial charge in [-0.15, -0.1) is 53.2 Å². The molecule has 8 aliphatic heterocycles. The number of rotatable bonds is 14. The number of aromatic nitrogens is 8. The number of benzene rings is 6. The van der Waals surface area contributed by atoms with Crippen LogP contribution in [0.1, 0.15) is 160 Å². The van der Waals surface area contributed by atoms with E-state index in [9.17, 15) is 45.6 Å². The van der Waals surface area contributed by atoms with Gasteiger partial charge in [0.25, 0.3) is 32.7 Å². The average Bonchev–Trinajstić information content (AvgIpc) is 1.63. The second-order valence-electron chi connectivity index (χ2n) is 39.9. The van der Waals surface area contributed by atoms with Crippen molar-refractivity contribution in [3.63, 3.8) is 0 Å². The van der Waals surface area contributed by atoms with Crippen LogP contribution in [0.2, 0.25) is 30.1 Å². The van der Waals surface area contributed by atoms with E-state index < -0.39 is 24.7 Å². The Morgan fingerprint density at radius 2 is 0.662 bits per heavy atom. The summed E-state index contributed by atoms with van der Waals surface area (Å²) in [6.45, 7) is 25.6. The molecule has 32 nitrogen and oxygen atoms in total. The molecule has 10 aromatic rings. The summed E-state index contributed by atoms with van der Waals surface area (Å²) in [5, 5.41) is 49.1. The van der Waals surface area contributed by atoms with Crippen LogP contribution < -0.4 is 25.3 Å². The Labute approximate surface area is 913 Å². The Bertz CT molecular complexity index is 6490. The van der Waals surface area contributed by atoms with E-state index in [1.165, 1.54) is 91.4 Å². The predicted octanol–water partition coefficient (Wildman–Crippen LogP) is 20.8. The third-order valence-corrected chi connectivity index (χ3v) is 36.4. The normalized spacial score (nSPS) is 17.2. The predicted molar refractivity (Wildman–Crippen MR) is 586 cm³/mol. The molecule has 8 saturated heterocycles. The highest BCUT2D eigenvalue weighted by Gasteiger charge is 2.47. The Kier molecular flexibility index (Phi) is 39.4. The molecule has 6 aromatic carbocycles. The number of ether oxygens (including phenoxy) is 2. The lowest BCUT2D eigenvalue weighted by molar-refractivity contribution is 0.0110. The topological polar surface area (TPSA) is 349 Å². The fourth-order valence-corrected chi connectivity index (χ4v) is 26.5. The minimum Gasteiger partial charge on any atom is -0.444 e. The molecule has 12 heterocycles. The number of likely N-dealkylation sites (tertiary alicyclic amines) is 2. The van der Waals surface area contributed by atoms with Gasteiger partial charge in [-0.2, -0.15) is 4.31 Å². The van der Waals surface area contributed by atoms with Crippen molar-refractivity contribution < 1.29 is 55.1 Å². The summed E-state index contributed by atoms with van der Waals surface area (Å²) in [5.41, 5.74) is 5.60. The molecule has 2 N–H and O–H groups in total. The number of anilines is 3. The quantitative estimate of drug-likeness (QED) is 0.0955. The van der Waals surface area contributed by atoms with Gasteiger partial charge < -0.3 is 64.2 Å². The molecule has 0 saturated carbocycles. The second kappa shape index (κ2) is 49.4. The number of hydrogen-bond donors (Lipinski definition) is 2. The average molecular weight is 2330 g/mol. The number of halogens is 9. The second-order valence-corrected chi connectivity index (χ2v) is 51.9. The van der Waals surface area contributed by atoms with Gasteiger partial charge in [-0.25, -0.2) is 26.4 Å². The summed E-state index contributed by atoms with van der Waals surface area (Å²) in [6, 6.07) is 34.0. The van der Waals surface area contributed by atoms with E-state index in [-0.39, 0.29) is 84.5 Å². The fourth-order valence-electron chi connectivity index (χ4n) is 18.3. The van der Waals surface area contributed by atoms with E-state index >= 15 is 0 Å². The van der Waals surface area contributed by atoms with Crippen LogP contribution in [-0.2, 0) is 28.5 Å². The number of amides is 6. The van der Waals surface area contributed by atoms with Gasteiger partial charge in [-0.1, -0.05) is 163 Å². The molecular formula is C98H121BrCl8N20O12S6. The lowest BCUT2D eigenvalue weighted by Crippen LogP contribution is -2.46. The molecule has 4 aromatic heterocycles. The molecule has 18 rings (SSSR count). The van der Waals surface area contributed by atoms with Gasteiger partial charge in [-0.05, 0) is 249 Å². The van der Waals surface area contributed by atoms with Crippen molar-refractivity contribution in [3.05, 3.63) is 178 Å². The maximum absolute atomic E-state index is 13.1. The van der Waals surface area contributed by atoms with Crippen molar-refractivity contribution in [2.45, 2.75) is 140 Å². The van der Waals surface area contributed by atoms with Crippen molar-refractivity contribution >= 4 is 224 Å². The summed E-state index contributed by atoms with van der Waals surface area (Å²) in [4.78, 5) is 89.5. The van der Waals surface area contributed by atoms with Gasteiger partial charge in [0.15, 0.2) is 3.92 Å². The van der Waals surface area contributed by atoms with Gasteiger partial charge in [-0.3, -0.25) is 19.2 Å². The van der Waals surface area contributed by atoms with Crippen LogP contribution in [0, 0.1) is 21.7 Å². The van der Waals surface area contributed by atoms with Crippen LogP contribution in [0.5, 0.6) is 0 Å². The standard InChI is InChI=1S/C25H27Cl2N5O3S2.C24H32ClN5O3S.C19H24ClN5OS.C13H24N2O2.C11H9BrClN3OS.C6H4Cl2O2S.ClH/c1-30(2)23(33)18-8-7-17(15-20(18)27)22-28-29-24(36-22)31-12-9-25(16-31)10-13-32(14-11-25)37(34,35)21-6-4-3-5-19(21)26;1-23(2,3)33-22(32)29-11-8-24(9-12-29)10-13-30(15-24)21-27-26-19(34-21)16-6-7-17(18(25)14-16)20(31)28(4)5;1-24(2)17(26)14-4-3-13(11-15(14)20)16-22-23-18(27-16)25-10-7-19(12-25)5-8-21-9-6-19;1-12(2,3)17-11(16)15-8-5-13(6-9-15)4-7-14-10-13;1-16(2)10(17)7-4-3-6(5-8(7)13)9-14-15-11(12)18-9;7-5-3-1-2-4-6(5)11(8,9)10;/h3-8,15H,9-14,16H2,1-2H3;6-7,14H,8-13,15H2,1-5H3;3-4,11,21H,5-10,12H2,1-2H3;14H,4-10H2,1-3H3;3-5H,1-2H3;1-4H;1H. The molecule has 47 heteroatoms. The van der Waals surface area contributed by atoms with Crippen LogP contribution in [-0.4, -0.2) is 299 Å². The monoisotopic (exact) mass is 2320 g/mol. The summed E-state index contributed by atoms with van der Waals surface area (Å²) < 4.78 is 60.9. The molecule has 0 bridgehead atoms. The molecule has 145 heavy (non-hydrogen) atoms. The zero-order valence-electron chi connectivity index (χ0n) is 83.2. The van der Waals surface area contributed by atoms with Crippen molar-refractivity contribution in [2.75, 3.05) is 176 Å². The first-order chi connectivity index (χ1) is 67.9. The number of hydrogen-bond acceptors (Lipinski definition) is 29. The molecule has 0 unspecified atom stereocenters. The summed E-state index contributed by atoms with van der Waals surface area (Å²) >= 11 is 46.2. The summed E-state index contributed by atoms with van der Waals surface area (Å²) in [6.07, 6.45) is 12.4. The molecule has 8 fully saturated rings. The highest BCUT2D eigenvalue weighted by atomic mass is 79.9. The highest BCUT2D eigenvalue weighted by molar-refractivity contribution is 9.11. The number of piperidine rings is 4. The third-order valence-electron chi connectivity index (χ3n) is 26.5. The molecular weight excluding hydrogens is 2210 g/mol. The first-order valence-electron chi connectivity index (χ1n) is 47.1. The lowest BCUT2D eigenvalue weighted by atomic mass is 9.78. The van der Waals surface area contributed by atoms with Gasteiger partial charge in [0.05, 0.1) is 52.4 Å². The van der Waals surface area contributed by atoms with E-state index in [0.717, 1.165) is 201 Å². The molecule has 0 aliphatic carbocycles. The van der Waals surface area contributed by atoms with E-state index in [4.69, 9.17) is 89.8 Å². The third kappa shape index (κ3) is 29.8. The summed E-state index contributed by atoms with van der Waals surface area (Å²) in [7, 11) is 11.3. The van der Waals surface area contributed by atoms with Crippen molar-refractivity contribution in [2.24, 2.45) is 21.7 Å². The number of carbonyl (C=O) groups is 6. The van der Waals surface area contributed by atoms with Crippen LogP contribution in [0.3, 0.4) is 0 Å². The minimum absolute atomic E-state index is 0. The lowest BCUT2D eigenvalue weighted by Gasteiger charge is -2.39. The molecule has 6 amide bonds.